The Labute approximate surface area is 419 Å². The van der Waals surface area contributed by atoms with Crippen LogP contribution >= 0.6 is 11.3 Å². The summed E-state index contributed by atoms with van der Waals surface area (Å²) in [7, 11) is 0. The summed E-state index contributed by atoms with van der Waals surface area (Å²) >= 11 is 1.95. The van der Waals surface area contributed by atoms with Gasteiger partial charge in [-0.1, -0.05) is 139 Å². The van der Waals surface area contributed by atoms with Gasteiger partial charge in [0.15, 0.2) is 11.5 Å². The van der Waals surface area contributed by atoms with Gasteiger partial charge >= 0.3 is 0 Å². The van der Waals surface area contributed by atoms with Gasteiger partial charge in [-0.2, -0.15) is 0 Å². The third-order valence-corrected chi connectivity index (χ3v) is 16.3. The van der Waals surface area contributed by atoms with Crippen LogP contribution in [0.1, 0.15) is 52.7 Å². The van der Waals surface area contributed by atoms with E-state index in [9.17, 15) is 0 Å². The summed E-state index contributed by atoms with van der Waals surface area (Å²) in [6, 6.07) is 74.1. The molecule has 71 heavy (non-hydrogen) atoms. The summed E-state index contributed by atoms with van der Waals surface area (Å²) in [5.41, 5.74) is 18.7. The topological polar surface area (TPSA) is 23.9 Å². The number of hydrogen-bond donors (Lipinski definition) is 0. The Morgan fingerprint density at radius 2 is 1.01 bits per heavy atom. The van der Waals surface area contributed by atoms with Crippen LogP contribution in [0, 0.1) is 0 Å². The van der Waals surface area contributed by atoms with Gasteiger partial charge in [0.25, 0.3) is 6.71 Å². The molecular formula is C64H51BN4OS. The highest BCUT2D eigenvalue weighted by atomic mass is 32.1. The Hall–Kier alpha value is -8.00. The molecule has 2 aromatic heterocycles. The minimum atomic E-state index is -0.0454. The maximum atomic E-state index is 7.20. The molecule has 342 valence electrons. The summed E-state index contributed by atoms with van der Waals surface area (Å²) < 4.78 is 12.3. The van der Waals surface area contributed by atoms with Crippen LogP contribution in [0.4, 0.5) is 51.2 Å². The molecule has 3 aliphatic rings. The molecule has 0 atom stereocenters. The normalized spacial score (nSPS) is 13.8. The molecular weight excluding hydrogens is 884 g/mol. The largest absolute Gasteiger partial charge is 0.453 e. The molecule has 0 spiro atoms. The summed E-state index contributed by atoms with van der Waals surface area (Å²) in [5, 5.41) is 3.74. The first-order chi connectivity index (χ1) is 34.5. The summed E-state index contributed by atoms with van der Waals surface area (Å²) in [6.07, 6.45) is 0. The highest BCUT2D eigenvalue weighted by Crippen LogP contribution is 2.54. The third-order valence-electron chi connectivity index (χ3n) is 15.0. The van der Waals surface area contributed by atoms with Crippen molar-refractivity contribution in [2.75, 3.05) is 14.7 Å². The van der Waals surface area contributed by atoms with Crippen LogP contribution in [0.25, 0.3) is 37.6 Å². The monoisotopic (exact) mass is 934 g/mol. The fourth-order valence-corrected chi connectivity index (χ4v) is 13.0. The molecule has 0 aliphatic carbocycles. The van der Waals surface area contributed by atoms with Crippen LogP contribution in [0.3, 0.4) is 0 Å². The molecule has 0 saturated heterocycles. The summed E-state index contributed by atoms with van der Waals surface area (Å²) in [6.45, 7) is 13.7. The first-order valence-corrected chi connectivity index (χ1v) is 25.6. The van der Waals surface area contributed by atoms with Crippen molar-refractivity contribution < 1.29 is 4.74 Å². The fourth-order valence-electron chi connectivity index (χ4n) is 11.7. The van der Waals surface area contributed by atoms with Crippen LogP contribution in [-0.2, 0) is 10.8 Å². The molecule has 0 N–H and O–H groups in total. The Morgan fingerprint density at radius 1 is 0.423 bits per heavy atom. The highest BCUT2D eigenvalue weighted by molar-refractivity contribution is 7.33. The molecule has 0 radical (unpaired) electrons. The van der Waals surface area contributed by atoms with Crippen molar-refractivity contribution in [2.45, 2.75) is 52.4 Å². The molecule has 0 amide bonds. The number of benzene rings is 9. The van der Waals surface area contributed by atoms with Crippen LogP contribution in [0.5, 0.6) is 11.5 Å². The Bertz CT molecular complexity index is 3970. The van der Waals surface area contributed by atoms with Gasteiger partial charge in [-0.05, 0) is 136 Å². The number of anilines is 9. The van der Waals surface area contributed by atoms with E-state index in [1.165, 1.54) is 70.1 Å². The van der Waals surface area contributed by atoms with E-state index in [4.69, 9.17) is 4.74 Å². The molecule has 5 nitrogen and oxygen atoms in total. The maximum Gasteiger partial charge on any atom is 0.264 e. The van der Waals surface area contributed by atoms with Crippen molar-refractivity contribution in [1.82, 2.24) is 4.57 Å². The van der Waals surface area contributed by atoms with Crippen LogP contribution in [0.15, 0.2) is 200 Å². The van der Waals surface area contributed by atoms with Crippen LogP contribution < -0.4 is 35.1 Å². The second-order valence-corrected chi connectivity index (χ2v) is 22.4. The van der Waals surface area contributed by atoms with E-state index in [-0.39, 0.29) is 17.5 Å². The van der Waals surface area contributed by atoms with Crippen molar-refractivity contribution in [3.8, 4) is 17.2 Å². The van der Waals surface area contributed by atoms with Gasteiger partial charge < -0.3 is 24.0 Å². The molecule has 0 saturated carbocycles. The van der Waals surface area contributed by atoms with Crippen molar-refractivity contribution in [3.05, 3.63) is 211 Å². The summed E-state index contributed by atoms with van der Waals surface area (Å²) in [5.74, 6) is 1.58. The number of ether oxygens (including phenoxy) is 1. The lowest BCUT2D eigenvalue weighted by atomic mass is 9.36. The highest BCUT2D eigenvalue weighted by Gasteiger charge is 2.46. The SMILES string of the molecule is CC(C)(C)c1ccc(N2c3ccc4c(c3)N(c3ccccc3Oc3ccccc32)c2cccc3c2B4c2sc4ccc(C(C)(C)C)cc4c2N3c2cccc3c2c2ccccc2n3-c2ccccc2)cc1. The zero-order valence-corrected chi connectivity index (χ0v) is 41.6. The molecule has 7 heteroatoms. The van der Waals surface area contributed by atoms with E-state index in [0.29, 0.717) is 0 Å². The first-order valence-electron chi connectivity index (χ1n) is 24.8. The van der Waals surface area contributed by atoms with Crippen molar-refractivity contribution >= 4 is 117 Å². The Morgan fingerprint density at radius 3 is 1.76 bits per heavy atom. The summed E-state index contributed by atoms with van der Waals surface area (Å²) in [4.78, 5) is 7.48. The third kappa shape index (κ3) is 6.25. The lowest BCUT2D eigenvalue weighted by molar-refractivity contribution is 0.484. The molecule has 14 rings (SSSR count). The van der Waals surface area contributed by atoms with Gasteiger partial charge in [0.2, 0.25) is 0 Å². The van der Waals surface area contributed by atoms with E-state index >= 15 is 0 Å². The average molecular weight is 935 g/mol. The molecule has 5 heterocycles. The van der Waals surface area contributed by atoms with E-state index in [1.54, 1.807) is 0 Å². The Kier molecular flexibility index (Phi) is 9.01. The lowest BCUT2D eigenvalue weighted by Crippen LogP contribution is -2.60. The van der Waals surface area contributed by atoms with Crippen LogP contribution in [0.2, 0.25) is 0 Å². The van der Waals surface area contributed by atoms with E-state index in [1.807, 2.05) is 11.3 Å². The fraction of sp³-hybridized carbons (Fsp3) is 0.125. The number of aromatic nitrogens is 1. The minimum Gasteiger partial charge on any atom is -0.453 e. The molecule has 9 aromatic carbocycles. The number of nitrogens with zero attached hydrogens (tertiary/aromatic N) is 4. The number of rotatable bonds is 3. The van der Waals surface area contributed by atoms with E-state index < -0.39 is 0 Å². The van der Waals surface area contributed by atoms with Gasteiger partial charge in [0, 0.05) is 59.8 Å². The number of para-hydroxylation sites is 6. The van der Waals surface area contributed by atoms with Gasteiger partial charge in [-0.3, -0.25) is 0 Å². The van der Waals surface area contributed by atoms with Crippen molar-refractivity contribution in [3.63, 3.8) is 0 Å². The number of thiophene rings is 1. The smallest absolute Gasteiger partial charge is 0.264 e. The predicted molar refractivity (Wildman–Crippen MR) is 302 cm³/mol. The first kappa shape index (κ1) is 41.9. The molecule has 11 aromatic rings. The van der Waals surface area contributed by atoms with Crippen molar-refractivity contribution in [2.24, 2.45) is 0 Å². The number of hydrogen-bond acceptors (Lipinski definition) is 5. The zero-order valence-electron chi connectivity index (χ0n) is 40.7. The van der Waals surface area contributed by atoms with E-state index in [2.05, 4.69) is 261 Å². The molecule has 3 aliphatic heterocycles. The quantitative estimate of drug-likeness (QED) is 0.165. The van der Waals surface area contributed by atoms with Gasteiger partial charge in [0.1, 0.15) is 0 Å². The van der Waals surface area contributed by atoms with Gasteiger partial charge in [-0.25, -0.2) is 0 Å². The second-order valence-electron chi connectivity index (χ2n) is 21.4. The number of fused-ring (bicyclic) bond motifs is 13. The van der Waals surface area contributed by atoms with E-state index in [0.717, 1.165) is 57.0 Å². The molecule has 0 unspecified atom stereocenters. The Balaban J connectivity index is 1.08. The standard InChI is InChI=1S/C64H51BN4OS/c1-63(2,3)40-30-33-43(34-31-40)66-44-35-36-47-55(39-44)68(50-23-13-15-29-57(50)70-56-28-14-12-22-49(56)66)53-26-17-27-54-60(53)65(47)62-61(46-38-41(64(4,5)6)32-37-58(46)71-62)69(54)52-25-16-24-51-59(52)45-20-10-11-21-48(45)67(51)42-18-8-7-9-19-42/h7-39H,1-6H3. The lowest BCUT2D eigenvalue weighted by Gasteiger charge is -2.44. The predicted octanol–water partition coefficient (Wildman–Crippen LogP) is 16.3. The van der Waals surface area contributed by atoms with Gasteiger partial charge in [0.05, 0.1) is 33.8 Å². The molecule has 2 bridgehead atoms. The molecule has 0 fully saturated rings. The minimum absolute atomic E-state index is 0.0242. The zero-order chi connectivity index (χ0) is 47.9. The van der Waals surface area contributed by atoms with Crippen LogP contribution in [-0.4, -0.2) is 11.3 Å². The maximum absolute atomic E-state index is 7.20. The average Bonchev–Trinajstić information content (AvgIpc) is 3.93. The second kappa shape index (κ2) is 15.3. The van der Waals surface area contributed by atoms with Gasteiger partial charge in [-0.15, -0.1) is 11.3 Å². The van der Waals surface area contributed by atoms with Crippen molar-refractivity contribution in [1.29, 1.82) is 0 Å².